The third kappa shape index (κ3) is 4.01. The monoisotopic (exact) mass is 396 g/mol. The molecule has 3 aromatic rings. The Morgan fingerprint density at radius 1 is 1.18 bits per heavy atom. The number of amides is 1. The predicted molar refractivity (Wildman–Crippen MR) is 104 cm³/mol. The van der Waals surface area contributed by atoms with E-state index < -0.39 is 4.92 Å². The number of non-ortho nitro benzene ring substituents is 1. The summed E-state index contributed by atoms with van der Waals surface area (Å²) in [6, 6.07) is 9.86. The molecule has 0 radical (unpaired) electrons. The number of anilines is 1. The molecule has 142 valence electrons. The van der Waals surface area contributed by atoms with Crippen molar-refractivity contribution in [1.29, 1.82) is 0 Å². The number of nitrogens with zero attached hydrogens (tertiary/aromatic N) is 5. The number of benzene rings is 1. The second-order valence-electron chi connectivity index (χ2n) is 6.28. The summed E-state index contributed by atoms with van der Waals surface area (Å²) in [4.78, 5) is 26.5. The van der Waals surface area contributed by atoms with Gasteiger partial charge in [0, 0.05) is 41.8 Å². The van der Waals surface area contributed by atoms with Gasteiger partial charge < -0.3 is 5.32 Å². The molecule has 0 bridgehead atoms. The third-order valence-corrected chi connectivity index (χ3v) is 5.15. The minimum Gasteiger partial charge on any atom is -0.325 e. The second kappa shape index (κ2) is 7.77. The van der Waals surface area contributed by atoms with Gasteiger partial charge in [-0.3, -0.25) is 24.5 Å². The minimum atomic E-state index is -0.480. The lowest BCUT2D eigenvalue weighted by Crippen LogP contribution is -2.14. The number of hydrogen-bond acceptors (Lipinski definition) is 7. The molecule has 1 saturated carbocycles. The number of nitrogens with one attached hydrogen (secondary N) is 1. The maximum Gasteiger partial charge on any atom is 0.269 e. The Morgan fingerprint density at radius 2 is 1.89 bits per heavy atom. The number of thioether (sulfide) groups is 1. The molecule has 2 heterocycles. The molecule has 1 fully saturated rings. The summed E-state index contributed by atoms with van der Waals surface area (Å²) in [5, 5.41) is 22.7. The number of carbonyl (C=O) groups excluding carboxylic acids is 1. The van der Waals surface area contributed by atoms with Gasteiger partial charge in [-0.25, -0.2) is 0 Å². The van der Waals surface area contributed by atoms with Crippen LogP contribution in [0.5, 0.6) is 0 Å². The van der Waals surface area contributed by atoms with Gasteiger partial charge >= 0.3 is 0 Å². The molecule has 0 unspecified atom stereocenters. The number of nitro groups is 1. The van der Waals surface area contributed by atoms with E-state index in [1.807, 2.05) is 12.1 Å². The van der Waals surface area contributed by atoms with Crippen molar-refractivity contribution >= 4 is 29.0 Å². The Labute approximate surface area is 164 Å². The number of aromatic nitrogens is 4. The quantitative estimate of drug-likeness (QED) is 0.370. The van der Waals surface area contributed by atoms with Gasteiger partial charge in [-0.2, -0.15) is 0 Å². The standard InChI is InChI=1S/C18H16N6O3S/c25-16(20-13-1-3-15(4-2-13)24(26)27)11-28-18-22-21-17(23(18)14-5-6-14)12-7-9-19-10-8-12/h1-4,7-10,14H,5-6,11H2,(H,20,25). The number of hydrogen-bond donors (Lipinski definition) is 1. The van der Waals surface area contributed by atoms with Crippen molar-refractivity contribution in [2.24, 2.45) is 0 Å². The first kappa shape index (κ1) is 18.1. The Kier molecular flexibility index (Phi) is 5.02. The minimum absolute atomic E-state index is 0.0199. The van der Waals surface area contributed by atoms with E-state index in [1.54, 1.807) is 12.4 Å². The van der Waals surface area contributed by atoms with Gasteiger partial charge in [0.1, 0.15) is 0 Å². The number of rotatable bonds is 7. The van der Waals surface area contributed by atoms with Crippen molar-refractivity contribution in [2.75, 3.05) is 11.1 Å². The zero-order chi connectivity index (χ0) is 19.5. The van der Waals surface area contributed by atoms with Crippen LogP contribution in [0, 0.1) is 10.1 Å². The van der Waals surface area contributed by atoms with Gasteiger partial charge in [-0.05, 0) is 37.1 Å². The van der Waals surface area contributed by atoms with Crippen molar-refractivity contribution in [1.82, 2.24) is 19.7 Å². The fourth-order valence-electron chi connectivity index (χ4n) is 2.73. The zero-order valence-corrected chi connectivity index (χ0v) is 15.5. The first-order valence-electron chi connectivity index (χ1n) is 8.64. The van der Waals surface area contributed by atoms with Crippen LogP contribution in [0.25, 0.3) is 11.4 Å². The van der Waals surface area contributed by atoms with Crippen LogP contribution >= 0.6 is 11.8 Å². The molecule has 9 nitrogen and oxygen atoms in total. The highest BCUT2D eigenvalue weighted by atomic mass is 32.2. The Morgan fingerprint density at radius 3 is 2.54 bits per heavy atom. The Balaban J connectivity index is 1.43. The summed E-state index contributed by atoms with van der Waals surface area (Å²) in [5.74, 6) is 0.732. The molecular weight excluding hydrogens is 380 g/mol. The van der Waals surface area contributed by atoms with Gasteiger partial charge in [0.05, 0.1) is 10.7 Å². The number of pyridine rings is 1. The highest BCUT2D eigenvalue weighted by Crippen LogP contribution is 2.40. The van der Waals surface area contributed by atoms with Gasteiger partial charge in [-0.15, -0.1) is 10.2 Å². The fourth-order valence-corrected chi connectivity index (χ4v) is 3.53. The van der Waals surface area contributed by atoms with E-state index in [0.29, 0.717) is 16.9 Å². The molecule has 1 aliphatic rings. The molecule has 28 heavy (non-hydrogen) atoms. The average molecular weight is 396 g/mol. The molecule has 0 saturated heterocycles. The van der Waals surface area contributed by atoms with E-state index in [0.717, 1.165) is 24.2 Å². The molecule has 1 amide bonds. The molecule has 1 aliphatic carbocycles. The Bertz CT molecular complexity index is 1000. The normalized spacial score (nSPS) is 13.3. The lowest BCUT2D eigenvalue weighted by Gasteiger charge is -2.09. The number of carbonyl (C=O) groups is 1. The summed E-state index contributed by atoms with van der Waals surface area (Å²) in [6.07, 6.45) is 5.56. The predicted octanol–water partition coefficient (Wildman–Crippen LogP) is 3.31. The lowest BCUT2D eigenvalue weighted by molar-refractivity contribution is -0.384. The highest BCUT2D eigenvalue weighted by Gasteiger charge is 2.30. The first-order chi connectivity index (χ1) is 13.6. The molecule has 2 aromatic heterocycles. The van der Waals surface area contributed by atoms with Crippen LogP contribution in [-0.2, 0) is 4.79 Å². The van der Waals surface area contributed by atoms with Crippen LogP contribution in [0.4, 0.5) is 11.4 Å². The van der Waals surface area contributed by atoms with Gasteiger partial charge in [0.25, 0.3) is 5.69 Å². The van der Waals surface area contributed by atoms with E-state index >= 15 is 0 Å². The van der Waals surface area contributed by atoms with Crippen LogP contribution < -0.4 is 5.32 Å². The maximum atomic E-state index is 12.2. The van der Waals surface area contributed by atoms with Crippen molar-refractivity contribution in [3.05, 3.63) is 58.9 Å². The molecule has 1 N–H and O–H groups in total. The smallest absolute Gasteiger partial charge is 0.269 e. The summed E-state index contributed by atoms with van der Waals surface area (Å²) in [5.41, 5.74) is 1.43. The van der Waals surface area contributed by atoms with Crippen LogP contribution in [0.3, 0.4) is 0 Å². The zero-order valence-electron chi connectivity index (χ0n) is 14.7. The van der Waals surface area contributed by atoms with Gasteiger partial charge in [0.15, 0.2) is 11.0 Å². The molecule has 10 heteroatoms. The summed E-state index contributed by atoms with van der Waals surface area (Å²) < 4.78 is 2.08. The highest BCUT2D eigenvalue weighted by molar-refractivity contribution is 7.99. The van der Waals surface area contributed by atoms with Crippen molar-refractivity contribution < 1.29 is 9.72 Å². The molecule has 1 aromatic carbocycles. The summed E-state index contributed by atoms with van der Waals surface area (Å²) in [7, 11) is 0. The van der Waals surface area contributed by atoms with Gasteiger partial charge in [-0.1, -0.05) is 11.8 Å². The van der Waals surface area contributed by atoms with Crippen LogP contribution in [0.1, 0.15) is 18.9 Å². The topological polar surface area (TPSA) is 116 Å². The molecular formula is C18H16N6O3S. The SMILES string of the molecule is O=C(CSc1nnc(-c2ccncc2)n1C1CC1)Nc1ccc([N+](=O)[O-])cc1. The van der Waals surface area contributed by atoms with Crippen molar-refractivity contribution in [3.63, 3.8) is 0 Å². The number of nitro benzene ring substituents is 1. The first-order valence-corrected chi connectivity index (χ1v) is 9.63. The second-order valence-corrected chi connectivity index (χ2v) is 7.23. The molecule has 4 rings (SSSR count). The largest absolute Gasteiger partial charge is 0.325 e. The Hall–Kier alpha value is -3.27. The summed E-state index contributed by atoms with van der Waals surface area (Å²) in [6.45, 7) is 0. The van der Waals surface area contributed by atoms with Crippen LogP contribution in [0.2, 0.25) is 0 Å². The molecule has 0 aliphatic heterocycles. The van der Waals surface area contributed by atoms with Crippen LogP contribution in [0.15, 0.2) is 53.9 Å². The van der Waals surface area contributed by atoms with E-state index in [9.17, 15) is 14.9 Å². The van der Waals surface area contributed by atoms with Crippen molar-refractivity contribution in [2.45, 2.75) is 24.0 Å². The average Bonchev–Trinajstić information content (AvgIpc) is 3.46. The van der Waals surface area contributed by atoms with Gasteiger partial charge in [0.2, 0.25) is 5.91 Å². The maximum absolute atomic E-state index is 12.2. The fraction of sp³-hybridized carbons (Fsp3) is 0.222. The van der Waals surface area contributed by atoms with Crippen molar-refractivity contribution in [3.8, 4) is 11.4 Å². The molecule has 0 spiro atoms. The van der Waals surface area contributed by atoms with E-state index in [2.05, 4.69) is 25.1 Å². The van der Waals surface area contributed by atoms with E-state index in [1.165, 1.54) is 36.0 Å². The van der Waals surface area contributed by atoms with Crippen LogP contribution in [-0.4, -0.2) is 36.3 Å². The molecule has 0 atom stereocenters. The summed E-state index contributed by atoms with van der Waals surface area (Å²) >= 11 is 1.32. The lowest BCUT2D eigenvalue weighted by atomic mass is 10.2. The van der Waals surface area contributed by atoms with E-state index in [4.69, 9.17) is 0 Å². The third-order valence-electron chi connectivity index (χ3n) is 4.21. The van der Waals surface area contributed by atoms with E-state index in [-0.39, 0.29) is 17.3 Å².